The fraction of sp³-hybridized carbons (Fsp3) is 0.542. The van der Waals surface area contributed by atoms with Crippen molar-refractivity contribution in [3.63, 3.8) is 0 Å². The Balaban J connectivity index is 1.91. The van der Waals surface area contributed by atoms with Crippen molar-refractivity contribution in [2.45, 2.75) is 31.0 Å². The number of phenolic OH excluding ortho intramolecular Hbond substituents is 1. The molecular formula is C24H30N4O7. The summed E-state index contributed by atoms with van der Waals surface area (Å²) >= 11 is 0. The molecule has 11 nitrogen and oxygen atoms in total. The number of rotatable bonds is 4. The normalized spacial score (nSPS) is 32.3. The number of carbonyl (C=O) groups is 5. The third-order valence-electron chi connectivity index (χ3n) is 7.82. The summed E-state index contributed by atoms with van der Waals surface area (Å²) < 4.78 is 0. The number of nitrogens with two attached hydrogens (primary N) is 2. The molecule has 4 rings (SSSR count). The Labute approximate surface area is 202 Å². The van der Waals surface area contributed by atoms with Crippen molar-refractivity contribution in [3.8, 4) is 5.75 Å². The third kappa shape index (κ3) is 3.25. The van der Waals surface area contributed by atoms with Gasteiger partial charge in [-0.05, 0) is 44.5 Å². The molecule has 4 unspecified atom stereocenters. The Kier molecular flexibility index (Phi) is 5.86. The van der Waals surface area contributed by atoms with E-state index in [2.05, 4.69) is 0 Å². The number of ketones is 4. The van der Waals surface area contributed by atoms with Crippen LogP contribution >= 0.6 is 0 Å². The van der Waals surface area contributed by atoms with Crippen molar-refractivity contribution >= 4 is 34.7 Å². The molecule has 1 aromatic rings. The van der Waals surface area contributed by atoms with Gasteiger partial charge in [-0.15, -0.1) is 0 Å². The lowest BCUT2D eigenvalue weighted by Crippen LogP contribution is -2.74. The maximum absolute atomic E-state index is 13.8. The van der Waals surface area contributed by atoms with Crippen LogP contribution in [0, 0.1) is 23.7 Å². The van der Waals surface area contributed by atoms with Gasteiger partial charge in [-0.1, -0.05) is 0 Å². The van der Waals surface area contributed by atoms with Crippen molar-refractivity contribution in [2.24, 2.45) is 35.1 Å². The molecule has 3 aliphatic rings. The van der Waals surface area contributed by atoms with Gasteiger partial charge in [-0.2, -0.15) is 0 Å². The summed E-state index contributed by atoms with van der Waals surface area (Å²) in [5.41, 5.74) is 9.81. The number of benzene rings is 1. The number of fused-ring (bicyclic) bond motifs is 3. The summed E-state index contributed by atoms with van der Waals surface area (Å²) in [7, 11) is 6.65. The number of likely N-dealkylation sites (N-methyl/N-ethyl adjacent to an activating group) is 1. The van der Waals surface area contributed by atoms with Crippen molar-refractivity contribution < 1.29 is 34.2 Å². The second-order valence-electron chi connectivity index (χ2n) is 10.1. The van der Waals surface area contributed by atoms with Crippen LogP contribution < -0.4 is 16.4 Å². The number of hydrogen-bond donors (Lipinski definition) is 4. The number of Topliss-reactive ketones (excluding diaryl/α,β-unsaturated/α-hetero) is 4. The van der Waals surface area contributed by atoms with Gasteiger partial charge in [0.15, 0.2) is 34.7 Å². The predicted octanol–water partition coefficient (Wildman–Crippen LogP) is -1.61. The van der Waals surface area contributed by atoms with E-state index in [1.165, 1.54) is 4.90 Å². The van der Waals surface area contributed by atoms with Crippen molar-refractivity contribution in [1.82, 2.24) is 4.90 Å². The summed E-state index contributed by atoms with van der Waals surface area (Å²) in [6.45, 7) is -0.0489. The van der Waals surface area contributed by atoms with E-state index in [0.717, 1.165) is 0 Å². The first kappa shape index (κ1) is 25.0. The van der Waals surface area contributed by atoms with Crippen LogP contribution in [0.2, 0.25) is 0 Å². The lowest BCUT2D eigenvalue weighted by atomic mass is 9.52. The van der Waals surface area contributed by atoms with Crippen LogP contribution in [0.4, 0.5) is 5.69 Å². The molecule has 0 aliphatic heterocycles. The van der Waals surface area contributed by atoms with E-state index in [0.29, 0.717) is 16.8 Å². The summed E-state index contributed by atoms with van der Waals surface area (Å²) in [6.07, 6.45) is 0.216. The molecule has 2 saturated carbocycles. The Morgan fingerprint density at radius 3 is 2.29 bits per heavy atom. The maximum atomic E-state index is 13.8. The lowest BCUT2D eigenvalue weighted by Gasteiger charge is -2.52. The molecule has 0 heterocycles. The molecule has 1 aromatic carbocycles. The molecule has 0 radical (unpaired) electrons. The standard InChI is InChI=1S/C24H30N4O7/c1-27(2)13-7-10(8-25)18(29)15-11(13)5-9-6-12-17(28(3)4)20(31)16(23(26)34)22(33)24(12,35)21(32)14(9)19(15)30/h7,9,12,14,16-17,29,35H,5-6,8,25H2,1-4H3,(H2,26,34)/t9?,12?,14?,16?,17-,24-/m0/s1. The van der Waals surface area contributed by atoms with Crippen molar-refractivity contribution in [1.29, 1.82) is 0 Å². The lowest BCUT2D eigenvalue weighted by molar-refractivity contribution is -0.181. The molecule has 0 saturated heterocycles. The smallest absolute Gasteiger partial charge is 0.235 e. The van der Waals surface area contributed by atoms with Crippen LogP contribution in [-0.2, 0) is 32.1 Å². The fourth-order valence-electron chi connectivity index (χ4n) is 6.26. The quantitative estimate of drug-likeness (QED) is 0.361. The van der Waals surface area contributed by atoms with Crippen LogP contribution in [0.1, 0.15) is 27.9 Å². The zero-order valence-corrected chi connectivity index (χ0v) is 20.1. The van der Waals surface area contributed by atoms with Gasteiger partial charge in [0.05, 0.1) is 17.5 Å². The largest absolute Gasteiger partial charge is 0.507 e. The van der Waals surface area contributed by atoms with E-state index < -0.39 is 64.4 Å². The summed E-state index contributed by atoms with van der Waals surface area (Å²) in [5, 5.41) is 22.4. The minimum absolute atomic E-state index is 0.0101. The van der Waals surface area contributed by atoms with Gasteiger partial charge in [-0.3, -0.25) is 28.9 Å². The van der Waals surface area contributed by atoms with Gasteiger partial charge in [0.2, 0.25) is 5.91 Å². The number of hydrogen-bond acceptors (Lipinski definition) is 10. The first-order valence-electron chi connectivity index (χ1n) is 11.4. The molecular weight excluding hydrogens is 456 g/mol. The Morgan fingerprint density at radius 2 is 1.77 bits per heavy atom. The average molecular weight is 487 g/mol. The van der Waals surface area contributed by atoms with E-state index in [-0.39, 0.29) is 30.7 Å². The Hall–Kier alpha value is -3.15. The first-order valence-corrected chi connectivity index (χ1v) is 11.4. The average Bonchev–Trinajstić information content (AvgIpc) is 2.75. The van der Waals surface area contributed by atoms with Crippen LogP contribution in [0.25, 0.3) is 0 Å². The number of aromatic hydroxyl groups is 1. The second-order valence-corrected chi connectivity index (χ2v) is 10.1. The van der Waals surface area contributed by atoms with Crippen LogP contribution in [0.15, 0.2) is 6.07 Å². The first-order chi connectivity index (χ1) is 16.3. The molecule has 188 valence electrons. The van der Waals surface area contributed by atoms with E-state index in [4.69, 9.17) is 11.5 Å². The number of carbonyl (C=O) groups excluding carboxylic acids is 5. The maximum Gasteiger partial charge on any atom is 0.235 e. The number of phenols is 1. The predicted molar refractivity (Wildman–Crippen MR) is 124 cm³/mol. The minimum Gasteiger partial charge on any atom is -0.507 e. The van der Waals surface area contributed by atoms with Gasteiger partial charge < -0.3 is 26.6 Å². The molecule has 0 spiro atoms. The van der Waals surface area contributed by atoms with Crippen LogP contribution in [-0.4, -0.2) is 84.0 Å². The van der Waals surface area contributed by atoms with E-state index in [9.17, 15) is 34.2 Å². The summed E-state index contributed by atoms with van der Waals surface area (Å²) in [5.74, 6) is -10.6. The van der Waals surface area contributed by atoms with E-state index in [1.54, 1.807) is 39.2 Å². The molecule has 0 bridgehead atoms. The van der Waals surface area contributed by atoms with Crippen molar-refractivity contribution in [3.05, 3.63) is 22.8 Å². The monoisotopic (exact) mass is 486 g/mol. The molecule has 0 aromatic heterocycles. The minimum atomic E-state index is -2.73. The van der Waals surface area contributed by atoms with Crippen molar-refractivity contribution in [2.75, 3.05) is 33.1 Å². The summed E-state index contributed by atoms with van der Waals surface area (Å²) in [4.78, 5) is 69.1. The van der Waals surface area contributed by atoms with Gasteiger partial charge >= 0.3 is 0 Å². The zero-order chi connectivity index (χ0) is 26.1. The van der Waals surface area contributed by atoms with Gasteiger partial charge in [-0.25, -0.2) is 0 Å². The highest BCUT2D eigenvalue weighted by molar-refractivity contribution is 6.32. The van der Waals surface area contributed by atoms with E-state index >= 15 is 0 Å². The third-order valence-corrected chi connectivity index (χ3v) is 7.82. The van der Waals surface area contributed by atoms with E-state index in [1.807, 2.05) is 0 Å². The van der Waals surface area contributed by atoms with Gasteiger partial charge in [0.1, 0.15) is 5.75 Å². The topological polar surface area (TPSA) is 184 Å². The molecule has 2 fully saturated rings. The highest BCUT2D eigenvalue weighted by atomic mass is 16.3. The number of primary amides is 1. The Bertz CT molecular complexity index is 1180. The zero-order valence-electron chi connectivity index (χ0n) is 20.1. The molecule has 11 heteroatoms. The fourth-order valence-corrected chi connectivity index (χ4v) is 6.26. The molecule has 3 aliphatic carbocycles. The second kappa shape index (κ2) is 8.21. The number of nitrogens with zero attached hydrogens (tertiary/aromatic N) is 2. The SMILES string of the molecule is CN(C)c1cc(CN)c(O)c2c1CC1CC3[C@H](N(C)C)C(=O)C(C(N)=O)C(=O)[C@@]3(O)C(=O)C1C2=O. The molecule has 35 heavy (non-hydrogen) atoms. The number of anilines is 1. The van der Waals surface area contributed by atoms with Crippen LogP contribution in [0.3, 0.4) is 0 Å². The van der Waals surface area contributed by atoms with Crippen LogP contribution in [0.5, 0.6) is 5.75 Å². The molecule has 6 N–H and O–H groups in total. The number of amides is 1. The van der Waals surface area contributed by atoms with Gasteiger partial charge in [0.25, 0.3) is 0 Å². The summed E-state index contributed by atoms with van der Waals surface area (Å²) in [6, 6.07) is 0.564. The highest BCUT2D eigenvalue weighted by Crippen LogP contribution is 2.52. The molecule has 6 atom stereocenters. The van der Waals surface area contributed by atoms with Gasteiger partial charge in [0, 0.05) is 37.8 Å². The Morgan fingerprint density at radius 1 is 1.14 bits per heavy atom. The molecule has 1 amide bonds. The highest BCUT2D eigenvalue weighted by Gasteiger charge is 2.69. The number of aliphatic hydroxyl groups is 1.